The Labute approximate surface area is 141 Å². The Morgan fingerprint density at radius 1 is 1.18 bits per heavy atom. The molecular formula is C17H32ClN3O. The van der Waals surface area contributed by atoms with Gasteiger partial charge < -0.3 is 10.5 Å². The Hall–Kier alpha value is -0.740. The quantitative estimate of drug-likeness (QED) is 0.692. The molecule has 1 aliphatic carbocycles. The smallest absolute Gasteiger partial charge is 0.157 e. The third kappa shape index (κ3) is 7.01. The summed E-state index contributed by atoms with van der Waals surface area (Å²) in [7, 11) is 0. The van der Waals surface area contributed by atoms with Crippen molar-refractivity contribution < 1.29 is 4.74 Å². The Kier molecular flexibility index (Phi) is 9.56. The second-order valence-corrected chi connectivity index (χ2v) is 6.45. The predicted molar refractivity (Wildman–Crippen MR) is 93.7 cm³/mol. The maximum Gasteiger partial charge on any atom is 0.157 e. The first-order valence-electron chi connectivity index (χ1n) is 8.68. The lowest BCUT2D eigenvalue weighted by Gasteiger charge is -2.25. The van der Waals surface area contributed by atoms with Crippen LogP contribution in [-0.4, -0.2) is 22.4 Å². The zero-order valence-corrected chi connectivity index (χ0v) is 14.7. The molecule has 1 saturated carbocycles. The average Bonchev–Trinajstić information content (AvgIpc) is 2.94. The van der Waals surface area contributed by atoms with Crippen LogP contribution in [0.25, 0.3) is 0 Å². The van der Waals surface area contributed by atoms with Gasteiger partial charge in [-0.25, -0.2) is 0 Å². The standard InChI is InChI=1S/C17H31N3O.ClH/c1-2-3-4-5-6-11-20-13-17(12-19-20)21-14-15-7-9-16(18)10-8-15;/h12-13,15-16H,2-11,14,18H2,1H3;1H. The van der Waals surface area contributed by atoms with Crippen molar-refractivity contribution in [2.75, 3.05) is 6.61 Å². The highest BCUT2D eigenvalue weighted by Gasteiger charge is 2.19. The Bertz CT molecular complexity index is 389. The fourth-order valence-electron chi connectivity index (χ4n) is 2.99. The number of aromatic nitrogens is 2. The van der Waals surface area contributed by atoms with Gasteiger partial charge in [-0.3, -0.25) is 4.68 Å². The van der Waals surface area contributed by atoms with Gasteiger partial charge in [-0.15, -0.1) is 12.4 Å². The summed E-state index contributed by atoms with van der Waals surface area (Å²) in [5, 5.41) is 4.38. The van der Waals surface area contributed by atoms with E-state index in [1.54, 1.807) is 0 Å². The van der Waals surface area contributed by atoms with E-state index < -0.39 is 0 Å². The summed E-state index contributed by atoms with van der Waals surface area (Å²) in [4.78, 5) is 0. The minimum absolute atomic E-state index is 0. The Balaban J connectivity index is 0.00000242. The molecule has 5 heteroatoms. The van der Waals surface area contributed by atoms with E-state index in [0.29, 0.717) is 12.0 Å². The molecule has 2 rings (SSSR count). The fraction of sp³-hybridized carbons (Fsp3) is 0.824. The van der Waals surface area contributed by atoms with E-state index in [1.165, 1.54) is 44.9 Å². The van der Waals surface area contributed by atoms with E-state index in [2.05, 4.69) is 12.0 Å². The van der Waals surface area contributed by atoms with Crippen LogP contribution in [0.1, 0.15) is 64.7 Å². The Morgan fingerprint density at radius 2 is 1.91 bits per heavy atom. The van der Waals surface area contributed by atoms with Gasteiger partial charge >= 0.3 is 0 Å². The summed E-state index contributed by atoms with van der Waals surface area (Å²) in [5.74, 6) is 1.58. The average molecular weight is 330 g/mol. The van der Waals surface area contributed by atoms with E-state index in [0.717, 1.165) is 31.7 Å². The van der Waals surface area contributed by atoms with Gasteiger partial charge in [-0.2, -0.15) is 5.10 Å². The van der Waals surface area contributed by atoms with Gasteiger partial charge in [-0.05, 0) is 38.0 Å². The first-order chi connectivity index (χ1) is 10.3. The van der Waals surface area contributed by atoms with Crippen LogP contribution in [0.15, 0.2) is 12.4 Å². The highest BCUT2D eigenvalue weighted by molar-refractivity contribution is 5.85. The van der Waals surface area contributed by atoms with E-state index in [9.17, 15) is 0 Å². The van der Waals surface area contributed by atoms with Gasteiger partial charge in [0.05, 0.1) is 19.0 Å². The van der Waals surface area contributed by atoms with Crippen molar-refractivity contribution in [3.63, 3.8) is 0 Å². The number of nitrogens with zero attached hydrogens (tertiary/aromatic N) is 2. The molecular weight excluding hydrogens is 298 g/mol. The number of aryl methyl sites for hydroxylation is 1. The van der Waals surface area contributed by atoms with E-state index in [1.807, 2.05) is 17.1 Å². The van der Waals surface area contributed by atoms with Crippen LogP contribution in [0.4, 0.5) is 0 Å². The molecule has 0 spiro atoms. The maximum atomic E-state index is 5.93. The molecule has 1 aromatic heterocycles. The molecule has 0 aromatic carbocycles. The van der Waals surface area contributed by atoms with E-state index >= 15 is 0 Å². The van der Waals surface area contributed by atoms with Gasteiger partial charge in [0.15, 0.2) is 5.75 Å². The van der Waals surface area contributed by atoms with Gasteiger partial charge in [0.25, 0.3) is 0 Å². The van der Waals surface area contributed by atoms with E-state index in [4.69, 9.17) is 10.5 Å². The van der Waals surface area contributed by atoms with Gasteiger partial charge in [0.1, 0.15) is 0 Å². The van der Waals surface area contributed by atoms with Crippen LogP contribution >= 0.6 is 12.4 Å². The molecule has 0 aliphatic heterocycles. The zero-order chi connectivity index (χ0) is 14.9. The summed E-state index contributed by atoms with van der Waals surface area (Å²) in [5.41, 5.74) is 5.93. The summed E-state index contributed by atoms with van der Waals surface area (Å²) in [6, 6.07) is 0.414. The minimum Gasteiger partial charge on any atom is -0.490 e. The van der Waals surface area contributed by atoms with Gasteiger partial charge in [0, 0.05) is 12.6 Å². The molecule has 128 valence electrons. The lowest BCUT2D eigenvalue weighted by Crippen LogP contribution is -2.28. The van der Waals surface area contributed by atoms with Crippen LogP contribution in [0.2, 0.25) is 0 Å². The first kappa shape index (κ1) is 19.3. The second-order valence-electron chi connectivity index (χ2n) is 6.45. The number of ether oxygens (including phenoxy) is 1. The first-order valence-corrected chi connectivity index (χ1v) is 8.68. The molecule has 2 N–H and O–H groups in total. The van der Waals surface area contributed by atoms with Crippen molar-refractivity contribution in [3.8, 4) is 5.75 Å². The van der Waals surface area contributed by atoms with Crippen molar-refractivity contribution >= 4 is 12.4 Å². The maximum absolute atomic E-state index is 5.93. The molecule has 0 radical (unpaired) electrons. The molecule has 0 amide bonds. The molecule has 1 fully saturated rings. The van der Waals surface area contributed by atoms with E-state index in [-0.39, 0.29) is 12.4 Å². The number of hydrogen-bond acceptors (Lipinski definition) is 3. The predicted octanol–water partition coefficient (Wildman–Crippen LogP) is 4.17. The SMILES string of the molecule is CCCCCCCn1cc(OCC2CCC(N)CC2)cn1.Cl. The van der Waals surface area contributed by atoms with Crippen molar-refractivity contribution in [2.24, 2.45) is 11.7 Å². The summed E-state index contributed by atoms with van der Waals surface area (Å²) in [6.07, 6.45) is 15.1. The molecule has 1 aliphatic rings. The van der Waals surface area contributed by atoms with Crippen LogP contribution in [0.3, 0.4) is 0 Å². The number of halogens is 1. The minimum atomic E-state index is 0. The third-order valence-corrected chi connectivity index (χ3v) is 4.48. The van der Waals surface area contributed by atoms with Crippen molar-refractivity contribution in [1.29, 1.82) is 0 Å². The third-order valence-electron chi connectivity index (χ3n) is 4.48. The number of nitrogens with two attached hydrogens (primary N) is 1. The van der Waals surface area contributed by atoms with Crippen LogP contribution in [0, 0.1) is 5.92 Å². The monoisotopic (exact) mass is 329 g/mol. The van der Waals surface area contributed by atoms with Crippen LogP contribution < -0.4 is 10.5 Å². The van der Waals surface area contributed by atoms with Crippen LogP contribution in [-0.2, 0) is 6.54 Å². The molecule has 1 heterocycles. The van der Waals surface area contributed by atoms with Gasteiger partial charge in [-0.1, -0.05) is 32.6 Å². The number of unbranched alkanes of at least 4 members (excludes halogenated alkanes) is 4. The molecule has 0 bridgehead atoms. The molecule has 0 unspecified atom stereocenters. The number of rotatable bonds is 9. The molecule has 22 heavy (non-hydrogen) atoms. The highest BCUT2D eigenvalue weighted by Crippen LogP contribution is 2.24. The molecule has 0 atom stereocenters. The van der Waals surface area contributed by atoms with Crippen LogP contribution in [0.5, 0.6) is 5.75 Å². The fourth-order valence-corrected chi connectivity index (χ4v) is 2.99. The lowest BCUT2D eigenvalue weighted by atomic mass is 9.87. The molecule has 0 saturated heterocycles. The lowest BCUT2D eigenvalue weighted by molar-refractivity contribution is 0.200. The normalized spacial score (nSPS) is 21.4. The largest absolute Gasteiger partial charge is 0.490 e. The second kappa shape index (κ2) is 10.9. The van der Waals surface area contributed by atoms with Gasteiger partial charge in [0.2, 0.25) is 0 Å². The van der Waals surface area contributed by atoms with Crippen molar-refractivity contribution in [3.05, 3.63) is 12.4 Å². The number of hydrogen-bond donors (Lipinski definition) is 1. The summed E-state index contributed by atoms with van der Waals surface area (Å²) in [6.45, 7) is 4.07. The highest BCUT2D eigenvalue weighted by atomic mass is 35.5. The zero-order valence-electron chi connectivity index (χ0n) is 13.9. The summed E-state index contributed by atoms with van der Waals surface area (Å²) < 4.78 is 7.89. The topological polar surface area (TPSA) is 53.1 Å². The molecule has 1 aromatic rings. The van der Waals surface area contributed by atoms with Crippen molar-refractivity contribution in [2.45, 2.75) is 77.3 Å². The summed E-state index contributed by atoms with van der Waals surface area (Å²) >= 11 is 0. The van der Waals surface area contributed by atoms with Crippen molar-refractivity contribution in [1.82, 2.24) is 9.78 Å². The molecule has 4 nitrogen and oxygen atoms in total. The Morgan fingerprint density at radius 3 is 2.64 bits per heavy atom.